The molecule has 2 N–H and O–H groups in total. The lowest BCUT2D eigenvalue weighted by molar-refractivity contribution is -0.155. The average Bonchev–Trinajstić information content (AvgIpc) is 3.56. The topological polar surface area (TPSA) is 114 Å². The van der Waals surface area contributed by atoms with Gasteiger partial charge in [0.1, 0.15) is 17.4 Å². The van der Waals surface area contributed by atoms with E-state index >= 15 is 0 Å². The van der Waals surface area contributed by atoms with Gasteiger partial charge in [-0.3, -0.25) is 14.4 Å². The number of benzene rings is 2. The molecule has 3 saturated heterocycles. The Balaban J connectivity index is 1.52. The minimum absolute atomic E-state index is 0.189. The minimum atomic E-state index is -1.17. The maximum absolute atomic E-state index is 14.1. The Morgan fingerprint density at radius 1 is 1.19 bits per heavy atom. The number of anilines is 1. The molecule has 3 fully saturated rings. The van der Waals surface area contributed by atoms with Crippen molar-refractivity contribution in [2.45, 2.75) is 50.0 Å². The molecule has 5 rings (SSSR count). The van der Waals surface area contributed by atoms with E-state index in [1.165, 1.54) is 4.90 Å². The molecule has 9 heteroatoms. The minimum Gasteiger partial charge on any atom is -0.497 e. The number of carbonyl (C=O) groups is 3. The predicted octanol–water partition coefficient (Wildman–Crippen LogP) is 2.17. The lowest BCUT2D eigenvalue weighted by Gasteiger charge is -2.36. The van der Waals surface area contributed by atoms with Crippen molar-refractivity contribution in [3.8, 4) is 5.75 Å². The van der Waals surface area contributed by atoms with E-state index in [2.05, 4.69) is 5.32 Å². The Hall–Kier alpha value is -3.43. The van der Waals surface area contributed by atoms with Crippen LogP contribution < -0.4 is 10.1 Å². The summed E-state index contributed by atoms with van der Waals surface area (Å²) in [6.45, 7) is 1.56. The first kappa shape index (κ1) is 25.2. The molecule has 1 spiro atoms. The zero-order valence-electron chi connectivity index (χ0n) is 21.0. The van der Waals surface area contributed by atoms with Gasteiger partial charge in [-0.15, -0.1) is 0 Å². The van der Waals surface area contributed by atoms with Gasteiger partial charge in [-0.2, -0.15) is 0 Å². The van der Waals surface area contributed by atoms with Crippen LogP contribution in [0.3, 0.4) is 0 Å². The quantitative estimate of drug-likeness (QED) is 0.499. The number of ether oxygens (including phenoxy) is 3. The fourth-order valence-electron chi connectivity index (χ4n) is 6.31. The Labute approximate surface area is 215 Å². The van der Waals surface area contributed by atoms with Gasteiger partial charge in [0, 0.05) is 5.69 Å². The first-order chi connectivity index (χ1) is 17.9. The van der Waals surface area contributed by atoms with Gasteiger partial charge >= 0.3 is 5.97 Å². The van der Waals surface area contributed by atoms with E-state index in [0.717, 1.165) is 5.56 Å². The van der Waals surface area contributed by atoms with Gasteiger partial charge in [0.05, 0.1) is 44.3 Å². The van der Waals surface area contributed by atoms with Crippen LogP contribution in [0, 0.1) is 11.8 Å². The van der Waals surface area contributed by atoms with Gasteiger partial charge in [-0.25, -0.2) is 0 Å². The average molecular weight is 509 g/mol. The molecule has 6 atom stereocenters. The van der Waals surface area contributed by atoms with Crippen LogP contribution in [0.5, 0.6) is 5.75 Å². The third kappa shape index (κ3) is 4.26. The van der Waals surface area contributed by atoms with Gasteiger partial charge < -0.3 is 29.5 Å². The molecule has 196 valence electrons. The Kier molecular flexibility index (Phi) is 6.92. The van der Waals surface area contributed by atoms with Gasteiger partial charge in [0.25, 0.3) is 0 Å². The monoisotopic (exact) mass is 508 g/mol. The number of nitrogens with zero attached hydrogens (tertiary/aromatic N) is 1. The molecule has 0 aliphatic carbocycles. The smallest absolute Gasteiger partial charge is 0.312 e. The molecule has 3 aliphatic rings. The van der Waals surface area contributed by atoms with Crippen molar-refractivity contribution in [2.24, 2.45) is 11.8 Å². The lowest BCUT2D eigenvalue weighted by Crippen LogP contribution is -2.56. The number of aliphatic hydroxyl groups excluding tert-OH is 1. The van der Waals surface area contributed by atoms with E-state index in [1.54, 1.807) is 38.3 Å². The number of hydrogen-bond donors (Lipinski definition) is 2. The molecule has 3 heterocycles. The number of methoxy groups -OCH3 is 1. The summed E-state index contributed by atoms with van der Waals surface area (Å²) in [6, 6.07) is 14.7. The Bertz CT molecular complexity index is 1150. The van der Waals surface area contributed by atoms with E-state index in [-0.39, 0.29) is 19.1 Å². The number of amides is 2. The van der Waals surface area contributed by atoms with Crippen molar-refractivity contribution in [3.63, 3.8) is 0 Å². The molecule has 37 heavy (non-hydrogen) atoms. The first-order valence-electron chi connectivity index (χ1n) is 12.7. The van der Waals surface area contributed by atoms with Gasteiger partial charge in [0.2, 0.25) is 11.8 Å². The van der Waals surface area contributed by atoms with Crippen LogP contribution in [-0.4, -0.2) is 71.9 Å². The molecule has 2 aromatic rings. The zero-order valence-corrected chi connectivity index (χ0v) is 21.0. The van der Waals surface area contributed by atoms with Crippen molar-refractivity contribution < 1.29 is 33.7 Å². The van der Waals surface area contributed by atoms with Crippen molar-refractivity contribution >= 4 is 23.5 Å². The molecule has 2 aromatic carbocycles. The molecule has 2 amide bonds. The molecule has 0 radical (unpaired) electrons. The second-order valence-electron chi connectivity index (χ2n) is 9.80. The first-order valence-corrected chi connectivity index (χ1v) is 12.7. The van der Waals surface area contributed by atoms with Crippen LogP contribution in [-0.2, 0) is 30.3 Å². The molecular weight excluding hydrogens is 476 g/mol. The van der Waals surface area contributed by atoms with Gasteiger partial charge in [-0.1, -0.05) is 30.3 Å². The summed E-state index contributed by atoms with van der Waals surface area (Å²) in [5.74, 6) is -2.23. The Morgan fingerprint density at radius 3 is 2.57 bits per heavy atom. The second kappa shape index (κ2) is 10.1. The summed E-state index contributed by atoms with van der Waals surface area (Å²) in [5, 5.41) is 13.4. The third-order valence-electron chi connectivity index (χ3n) is 7.82. The number of likely N-dealkylation sites (tertiary alicyclic amines) is 1. The maximum Gasteiger partial charge on any atom is 0.312 e. The summed E-state index contributed by atoms with van der Waals surface area (Å²) < 4.78 is 16.9. The zero-order chi connectivity index (χ0) is 26.2. The molecule has 0 aromatic heterocycles. The van der Waals surface area contributed by atoms with Crippen molar-refractivity contribution in [1.82, 2.24) is 4.90 Å². The number of esters is 1. The van der Waals surface area contributed by atoms with Crippen LogP contribution in [0.4, 0.5) is 5.69 Å². The van der Waals surface area contributed by atoms with E-state index in [0.29, 0.717) is 30.7 Å². The largest absolute Gasteiger partial charge is 0.497 e. The highest BCUT2D eigenvalue weighted by molar-refractivity contribution is 6.03. The summed E-state index contributed by atoms with van der Waals surface area (Å²) in [4.78, 5) is 42.4. The van der Waals surface area contributed by atoms with Crippen LogP contribution >= 0.6 is 0 Å². The summed E-state index contributed by atoms with van der Waals surface area (Å²) >= 11 is 0. The number of fused-ring (bicyclic) bond motifs is 1. The van der Waals surface area contributed by atoms with Gasteiger partial charge in [-0.05, 0) is 56.0 Å². The third-order valence-corrected chi connectivity index (χ3v) is 7.82. The van der Waals surface area contributed by atoms with E-state index in [9.17, 15) is 19.5 Å². The SMILES string of the molecule is CCOC(=O)[C@@H]1[C@@H]2CCC3(O2)C(C(=O)Nc2ccc(OC)cc2)N([C@@H](CO)Cc2ccccc2)C(=O)[C@H]13. The molecule has 2 bridgehead atoms. The summed E-state index contributed by atoms with van der Waals surface area (Å²) in [6.07, 6.45) is 0.889. The van der Waals surface area contributed by atoms with Gasteiger partial charge in [0.15, 0.2) is 0 Å². The normalized spacial score (nSPS) is 28.6. The number of nitrogens with one attached hydrogen (secondary N) is 1. The van der Waals surface area contributed by atoms with Crippen molar-refractivity contribution in [3.05, 3.63) is 60.2 Å². The Morgan fingerprint density at radius 2 is 1.92 bits per heavy atom. The maximum atomic E-state index is 14.1. The van der Waals surface area contributed by atoms with Crippen LogP contribution in [0.25, 0.3) is 0 Å². The fraction of sp³-hybridized carbons (Fsp3) is 0.464. The highest BCUT2D eigenvalue weighted by atomic mass is 16.6. The predicted molar refractivity (Wildman–Crippen MR) is 134 cm³/mol. The number of rotatable bonds is 9. The number of hydrogen-bond acceptors (Lipinski definition) is 7. The van der Waals surface area contributed by atoms with Crippen LogP contribution in [0.2, 0.25) is 0 Å². The van der Waals surface area contributed by atoms with Crippen LogP contribution in [0.15, 0.2) is 54.6 Å². The fourth-order valence-corrected chi connectivity index (χ4v) is 6.31. The van der Waals surface area contributed by atoms with E-state index < -0.39 is 47.5 Å². The molecular formula is C28H32N2O7. The number of carbonyl (C=O) groups excluding carboxylic acids is 3. The highest BCUT2D eigenvalue weighted by Crippen LogP contribution is 2.59. The van der Waals surface area contributed by atoms with E-state index in [1.807, 2.05) is 30.3 Å². The van der Waals surface area contributed by atoms with Crippen molar-refractivity contribution in [2.75, 3.05) is 25.6 Å². The summed E-state index contributed by atoms with van der Waals surface area (Å²) in [5.41, 5.74) is 0.293. The second-order valence-corrected chi connectivity index (χ2v) is 9.80. The lowest BCUT2D eigenvalue weighted by atomic mass is 9.70. The highest BCUT2D eigenvalue weighted by Gasteiger charge is 2.75. The van der Waals surface area contributed by atoms with Crippen molar-refractivity contribution in [1.29, 1.82) is 0 Å². The molecule has 2 unspecified atom stereocenters. The molecule has 9 nitrogen and oxygen atoms in total. The summed E-state index contributed by atoms with van der Waals surface area (Å²) in [7, 11) is 1.56. The number of aliphatic hydroxyl groups is 1. The standard InChI is InChI=1S/C28H32N2O7/c1-3-36-27(34)22-21-13-14-28(37-21)23(22)26(33)30(19(16-31)15-17-7-5-4-6-8-17)24(28)25(32)29-18-9-11-20(35-2)12-10-18/h4-12,19,21-24,31H,3,13-16H2,1-2H3,(H,29,32)/t19-,21+,22-,23+,24?,28?/m1/s1. The van der Waals surface area contributed by atoms with Crippen LogP contribution in [0.1, 0.15) is 25.3 Å². The van der Waals surface area contributed by atoms with E-state index in [4.69, 9.17) is 14.2 Å². The molecule has 3 aliphatic heterocycles. The molecule has 0 saturated carbocycles.